The van der Waals surface area contributed by atoms with Gasteiger partial charge < -0.3 is 30.3 Å². The minimum absolute atomic E-state index is 0.327. The van der Waals surface area contributed by atoms with Gasteiger partial charge in [-0.15, -0.1) is 0 Å². The predicted molar refractivity (Wildman–Crippen MR) is 67.0 cm³/mol. The highest BCUT2D eigenvalue weighted by Gasteiger charge is 2.38. The van der Waals surface area contributed by atoms with E-state index >= 15 is 0 Å². The summed E-state index contributed by atoms with van der Waals surface area (Å²) in [7, 11) is 0. The highest BCUT2D eigenvalue weighted by molar-refractivity contribution is 5.89. The fourth-order valence-electron chi connectivity index (χ4n) is 1.35. The first-order valence-electron chi connectivity index (χ1n) is 6.18. The lowest BCUT2D eigenvalue weighted by atomic mass is 10.2. The van der Waals surface area contributed by atoms with Gasteiger partial charge in [-0.3, -0.25) is 4.79 Å². The number of rotatable bonds is 6. The van der Waals surface area contributed by atoms with Gasteiger partial charge in [0, 0.05) is 6.42 Å². The van der Waals surface area contributed by atoms with E-state index in [4.69, 9.17) is 25.5 Å². The molecule has 0 fully saturated rings. The van der Waals surface area contributed by atoms with E-state index in [-0.39, 0.29) is 0 Å². The molecule has 8 nitrogen and oxygen atoms in total. The van der Waals surface area contributed by atoms with Gasteiger partial charge in [0.05, 0.1) is 6.61 Å². The average molecular weight is 292 g/mol. The molecule has 1 aliphatic rings. The third-order valence-corrected chi connectivity index (χ3v) is 2.47. The summed E-state index contributed by atoms with van der Waals surface area (Å²) in [6, 6.07) is 0. The minimum Gasteiger partial charge on any atom is -0.505 e. The Balaban J connectivity index is 0.000000396. The van der Waals surface area contributed by atoms with Gasteiger partial charge in [-0.25, -0.2) is 4.79 Å². The number of unbranched alkanes of at least 4 members (excludes halogenated alkanes) is 2. The molecule has 0 bridgehead atoms. The molecule has 0 radical (unpaired) electrons. The van der Waals surface area contributed by atoms with E-state index in [2.05, 4.69) is 11.7 Å². The second-order valence-corrected chi connectivity index (χ2v) is 4.16. The van der Waals surface area contributed by atoms with Gasteiger partial charge in [0.2, 0.25) is 5.76 Å². The number of hydrogen-bond donors (Lipinski definition) is 5. The molecular formula is C12H20O8. The monoisotopic (exact) mass is 292 g/mol. The standard InChI is InChI=1S/C6H8O6.C6H12O2/c7-1-2(8)5-3(9)4(10)6(11)12-5;1-2-3-4-5-6(7)8/h2,5,7-10H,1H2;2-5H2,1H3,(H,7,8)/t2-,5+;/m0./s1. The number of carbonyl (C=O) groups excluding carboxylic acids is 1. The van der Waals surface area contributed by atoms with Crippen molar-refractivity contribution in [2.24, 2.45) is 0 Å². The normalized spacial score (nSPS) is 19.1. The third-order valence-electron chi connectivity index (χ3n) is 2.47. The van der Waals surface area contributed by atoms with Crippen molar-refractivity contribution in [1.29, 1.82) is 0 Å². The number of ether oxygens (including phenoxy) is 1. The maximum Gasteiger partial charge on any atom is 0.377 e. The molecule has 0 aromatic heterocycles. The lowest BCUT2D eigenvalue weighted by Crippen LogP contribution is -2.31. The van der Waals surface area contributed by atoms with Gasteiger partial charge in [-0.1, -0.05) is 19.8 Å². The minimum atomic E-state index is -1.42. The van der Waals surface area contributed by atoms with Crippen molar-refractivity contribution in [3.8, 4) is 0 Å². The van der Waals surface area contributed by atoms with Crippen LogP contribution in [0.5, 0.6) is 0 Å². The van der Waals surface area contributed by atoms with Crippen LogP contribution in [0.1, 0.15) is 32.6 Å². The van der Waals surface area contributed by atoms with E-state index in [0.717, 1.165) is 19.3 Å². The first-order chi connectivity index (χ1) is 9.34. The van der Waals surface area contributed by atoms with E-state index in [1.165, 1.54) is 0 Å². The van der Waals surface area contributed by atoms with Gasteiger partial charge >= 0.3 is 11.9 Å². The lowest BCUT2D eigenvalue weighted by molar-refractivity contribution is -0.147. The average Bonchev–Trinajstić information content (AvgIpc) is 2.66. The topological polar surface area (TPSA) is 145 Å². The van der Waals surface area contributed by atoms with Gasteiger partial charge in [-0.2, -0.15) is 0 Å². The summed E-state index contributed by atoms with van der Waals surface area (Å²) in [5, 5.41) is 43.2. The Bertz CT molecular complexity index is 362. The molecule has 0 aliphatic carbocycles. The summed E-state index contributed by atoms with van der Waals surface area (Å²) in [4.78, 5) is 20.4. The van der Waals surface area contributed by atoms with Crippen molar-refractivity contribution in [1.82, 2.24) is 0 Å². The van der Waals surface area contributed by atoms with Crippen molar-refractivity contribution in [2.75, 3.05) is 6.61 Å². The summed E-state index contributed by atoms with van der Waals surface area (Å²) in [6.07, 6.45) is 0.500. The predicted octanol–water partition coefficient (Wildman–Crippen LogP) is 0.244. The molecule has 0 saturated heterocycles. The van der Waals surface area contributed by atoms with E-state index in [0.29, 0.717) is 6.42 Å². The van der Waals surface area contributed by atoms with Gasteiger partial charge in [0.1, 0.15) is 6.10 Å². The summed E-state index contributed by atoms with van der Waals surface area (Å²) in [5.41, 5.74) is 0. The van der Waals surface area contributed by atoms with Crippen LogP contribution in [0.15, 0.2) is 11.5 Å². The number of aliphatic carboxylic acids is 1. The van der Waals surface area contributed by atoms with Crippen LogP contribution in [0.2, 0.25) is 0 Å². The fourth-order valence-corrected chi connectivity index (χ4v) is 1.35. The number of carboxylic acids is 1. The SMILES string of the molecule is CCCCCC(=O)O.O=C1O[C@H]([C@@H](O)CO)C(O)=C1O. The number of aliphatic hydroxyl groups excluding tert-OH is 4. The van der Waals surface area contributed by atoms with E-state index in [9.17, 15) is 9.59 Å². The van der Waals surface area contributed by atoms with Crippen molar-refractivity contribution < 1.29 is 39.9 Å². The van der Waals surface area contributed by atoms with Crippen LogP contribution in [0.4, 0.5) is 0 Å². The number of cyclic esters (lactones) is 1. The van der Waals surface area contributed by atoms with Gasteiger partial charge in [0.25, 0.3) is 0 Å². The van der Waals surface area contributed by atoms with Crippen LogP contribution in [-0.4, -0.2) is 56.3 Å². The van der Waals surface area contributed by atoms with Gasteiger partial charge in [0.15, 0.2) is 11.9 Å². The van der Waals surface area contributed by atoms with Crippen molar-refractivity contribution >= 4 is 11.9 Å². The van der Waals surface area contributed by atoms with E-state index in [1.807, 2.05) is 0 Å². The molecular weight excluding hydrogens is 272 g/mol. The number of aliphatic hydroxyl groups is 4. The fraction of sp³-hybridized carbons (Fsp3) is 0.667. The molecule has 8 heteroatoms. The molecule has 0 unspecified atom stereocenters. The molecule has 1 heterocycles. The van der Waals surface area contributed by atoms with Crippen molar-refractivity contribution in [2.45, 2.75) is 44.8 Å². The van der Waals surface area contributed by atoms with Crippen LogP contribution >= 0.6 is 0 Å². The number of carbonyl (C=O) groups is 2. The summed E-state index contributed by atoms with van der Waals surface area (Å²) < 4.78 is 4.32. The first-order valence-corrected chi connectivity index (χ1v) is 6.18. The van der Waals surface area contributed by atoms with Crippen LogP contribution in [-0.2, 0) is 14.3 Å². The second kappa shape index (κ2) is 9.16. The maximum atomic E-state index is 10.5. The lowest BCUT2D eigenvalue weighted by Gasteiger charge is -2.13. The number of esters is 1. The molecule has 0 spiro atoms. The molecule has 1 aliphatic heterocycles. The molecule has 5 N–H and O–H groups in total. The van der Waals surface area contributed by atoms with E-state index < -0.39 is 42.3 Å². The zero-order valence-electron chi connectivity index (χ0n) is 11.2. The molecule has 2 atom stereocenters. The number of carboxylic acid groups (broad SMARTS) is 1. The smallest absolute Gasteiger partial charge is 0.377 e. The Morgan fingerprint density at radius 1 is 1.35 bits per heavy atom. The van der Waals surface area contributed by atoms with Crippen LogP contribution < -0.4 is 0 Å². The summed E-state index contributed by atoms with van der Waals surface area (Å²) >= 11 is 0. The molecule has 0 aromatic rings. The van der Waals surface area contributed by atoms with Crippen molar-refractivity contribution in [3.63, 3.8) is 0 Å². The Labute approximate surface area is 115 Å². The van der Waals surface area contributed by atoms with Crippen LogP contribution in [0.25, 0.3) is 0 Å². The Kier molecular flexibility index (Phi) is 8.33. The maximum absolute atomic E-state index is 10.5. The molecule has 0 amide bonds. The quantitative estimate of drug-likeness (QED) is 0.346. The summed E-state index contributed by atoms with van der Waals surface area (Å²) in [6.45, 7) is 1.39. The summed E-state index contributed by atoms with van der Waals surface area (Å²) in [5.74, 6) is -3.46. The molecule has 0 saturated carbocycles. The van der Waals surface area contributed by atoms with Crippen molar-refractivity contribution in [3.05, 3.63) is 11.5 Å². The zero-order valence-corrected chi connectivity index (χ0v) is 11.2. The van der Waals surface area contributed by atoms with Crippen LogP contribution in [0, 0.1) is 0 Å². The zero-order chi connectivity index (χ0) is 15.7. The molecule has 0 aromatic carbocycles. The third kappa shape index (κ3) is 5.89. The second-order valence-electron chi connectivity index (χ2n) is 4.16. The largest absolute Gasteiger partial charge is 0.505 e. The number of hydrogen-bond acceptors (Lipinski definition) is 7. The molecule has 20 heavy (non-hydrogen) atoms. The Hall–Kier alpha value is -1.80. The van der Waals surface area contributed by atoms with Crippen LogP contribution in [0.3, 0.4) is 0 Å². The molecule has 1 rings (SSSR count). The molecule has 116 valence electrons. The van der Waals surface area contributed by atoms with Gasteiger partial charge in [-0.05, 0) is 6.42 Å². The Morgan fingerprint density at radius 3 is 2.30 bits per heavy atom. The van der Waals surface area contributed by atoms with E-state index in [1.54, 1.807) is 0 Å². The Morgan fingerprint density at radius 2 is 1.95 bits per heavy atom. The first kappa shape index (κ1) is 18.2. The highest BCUT2D eigenvalue weighted by Crippen LogP contribution is 2.20. The highest BCUT2D eigenvalue weighted by atomic mass is 16.6.